The van der Waals surface area contributed by atoms with Crippen LogP contribution in [0.3, 0.4) is 0 Å². The Bertz CT molecular complexity index is 860. The number of nitrogens with one attached hydrogen (secondary N) is 1. The van der Waals surface area contributed by atoms with Crippen molar-refractivity contribution in [3.05, 3.63) is 70.8 Å². The van der Waals surface area contributed by atoms with Gasteiger partial charge < -0.3 is 4.74 Å². The number of para-hydroxylation sites is 1. The van der Waals surface area contributed by atoms with Gasteiger partial charge in [0, 0.05) is 5.69 Å². The summed E-state index contributed by atoms with van der Waals surface area (Å²) >= 11 is 5.27. The molecular formula is C16H12N4OS. The van der Waals surface area contributed by atoms with Gasteiger partial charge in [-0.3, -0.25) is 9.67 Å². The van der Waals surface area contributed by atoms with Crippen LogP contribution >= 0.6 is 12.2 Å². The first-order chi connectivity index (χ1) is 10.8. The largest absolute Gasteiger partial charge is 0.486 e. The lowest BCUT2D eigenvalue weighted by Crippen LogP contribution is -2.05. The number of aromatic nitrogens is 3. The molecule has 0 saturated heterocycles. The summed E-state index contributed by atoms with van der Waals surface area (Å²) in [5, 5.41) is 15.8. The lowest BCUT2D eigenvalue weighted by molar-refractivity contribution is 0.293. The van der Waals surface area contributed by atoms with Crippen LogP contribution in [0, 0.1) is 16.1 Å². The number of aromatic amines is 1. The minimum atomic E-state index is 0.272. The Hall–Kier alpha value is -2.91. The maximum atomic E-state index is 8.78. The molecule has 0 radical (unpaired) electrons. The van der Waals surface area contributed by atoms with Gasteiger partial charge in [0.15, 0.2) is 10.6 Å². The monoisotopic (exact) mass is 308 g/mol. The highest BCUT2D eigenvalue weighted by Crippen LogP contribution is 2.15. The van der Waals surface area contributed by atoms with E-state index in [-0.39, 0.29) is 6.61 Å². The van der Waals surface area contributed by atoms with Gasteiger partial charge in [-0.25, -0.2) is 0 Å². The first kappa shape index (κ1) is 14.0. The van der Waals surface area contributed by atoms with Crippen molar-refractivity contribution in [2.24, 2.45) is 0 Å². The van der Waals surface area contributed by atoms with Gasteiger partial charge in [0.1, 0.15) is 12.4 Å². The minimum absolute atomic E-state index is 0.272. The molecule has 1 heterocycles. The SMILES string of the molecule is N#Cc1ccc(OCc2n[nH]c(=S)n2-c2ccccc2)cc1. The highest BCUT2D eigenvalue weighted by Gasteiger charge is 2.08. The van der Waals surface area contributed by atoms with Crippen LogP contribution in [0.15, 0.2) is 54.6 Å². The third-order valence-electron chi connectivity index (χ3n) is 3.11. The molecule has 22 heavy (non-hydrogen) atoms. The van der Waals surface area contributed by atoms with Crippen molar-refractivity contribution >= 4 is 12.2 Å². The molecule has 0 aliphatic heterocycles. The van der Waals surface area contributed by atoms with E-state index in [4.69, 9.17) is 22.2 Å². The molecule has 6 heteroatoms. The number of rotatable bonds is 4. The molecule has 0 saturated carbocycles. The summed E-state index contributed by atoms with van der Waals surface area (Å²) in [6, 6.07) is 18.7. The molecule has 3 aromatic rings. The second-order valence-electron chi connectivity index (χ2n) is 4.54. The van der Waals surface area contributed by atoms with E-state index in [1.165, 1.54) is 0 Å². The summed E-state index contributed by atoms with van der Waals surface area (Å²) in [7, 11) is 0. The van der Waals surface area contributed by atoms with Crippen molar-refractivity contribution < 1.29 is 4.74 Å². The average Bonchev–Trinajstić information content (AvgIpc) is 2.95. The number of hydrogen-bond acceptors (Lipinski definition) is 4. The van der Waals surface area contributed by atoms with Crippen LogP contribution < -0.4 is 4.74 Å². The van der Waals surface area contributed by atoms with Crippen LogP contribution in [0.2, 0.25) is 0 Å². The maximum Gasteiger partial charge on any atom is 0.199 e. The molecule has 0 amide bonds. The van der Waals surface area contributed by atoms with Gasteiger partial charge in [-0.05, 0) is 48.6 Å². The first-order valence-electron chi connectivity index (χ1n) is 6.62. The summed E-state index contributed by atoms with van der Waals surface area (Å²) < 4.78 is 8.06. The van der Waals surface area contributed by atoms with Crippen molar-refractivity contribution in [1.29, 1.82) is 5.26 Å². The molecule has 0 unspecified atom stereocenters. The lowest BCUT2D eigenvalue weighted by atomic mass is 10.2. The minimum Gasteiger partial charge on any atom is -0.486 e. The molecule has 0 bridgehead atoms. The fourth-order valence-corrected chi connectivity index (χ4v) is 2.30. The third kappa shape index (κ3) is 2.90. The van der Waals surface area contributed by atoms with E-state index < -0.39 is 0 Å². The van der Waals surface area contributed by atoms with E-state index in [9.17, 15) is 0 Å². The zero-order valence-electron chi connectivity index (χ0n) is 11.6. The Morgan fingerprint density at radius 1 is 1.14 bits per heavy atom. The smallest absolute Gasteiger partial charge is 0.199 e. The normalized spacial score (nSPS) is 10.1. The van der Waals surface area contributed by atoms with Crippen molar-refractivity contribution in [2.75, 3.05) is 0 Å². The van der Waals surface area contributed by atoms with Gasteiger partial charge in [0.25, 0.3) is 0 Å². The molecule has 1 N–H and O–H groups in total. The summed E-state index contributed by atoms with van der Waals surface area (Å²) in [5.41, 5.74) is 1.53. The zero-order chi connectivity index (χ0) is 15.4. The number of ether oxygens (including phenoxy) is 1. The molecule has 0 spiro atoms. The van der Waals surface area contributed by atoms with Crippen LogP contribution in [0.1, 0.15) is 11.4 Å². The Labute approximate surface area is 132 Å². The molecule has 1 aromatic heterocycles. The topological polar surface area (TPSA) is 66.6 Å². The van der Waals surface area contributed by atoms with Crippen molar-refractivity contribution in [1.82, 2.24) is 14.8 Å². The first-order valence-corrected chi connectivity index (χ1v) is 7.03. The molecule has 0 aliphatic rings. The van der Waals surface area contributed by atoms with E-state index in [1.807, 2.05) is 34.9 Å². The van der Waals surface area contributed by atoms with Gasteiger partial charge in [-0.2, -0.15) is 10.4 Å². The van der Waals surface area contributed by atoms with Crippen molar-refractivity contribution in [2.45, 2.75) is 6.61 Å². The molecule has 0 aliphatic carbocycles. The summed E-state index contributed by atoms with van der Waals surface area (Å²) in [5.74, 6) is 1.35. The number of hydrogen-bond donors (Lipinski definition) is 1. The molecule has 108 valence electrons. The van der Waals surface area contributed by atoms with Crippen LogP contribution in [0.25, 0.3) is 5.69 Å². The van der Waals surface area contributed by atoms with E-state index in [2.05, 4.69) is 16.3 Å². The Kier molecular flexibility index (Phi) is 3.99. The summed E-state index contributed by atoms with van der Waals surface area (Å²) in [4.78, 5) is 0. The second kappa shape index (κ2) is 6.24. The molecule has 0 fully saturated rings. The predicted octanol–water partition coefficient (Wildman–Crippen LogP) is 3.38. The van der Waals surface area contributed by atoms with Crippen molar-refractivity contribution in [3.8, 4) is 17.5 Å². The standard InChI is InChI=1S/C16H12N4OS/c17-10-12-6-8-14(9-7-12)21-11-15-18-19-16(22)20(15)13-4-2-1-3-5-13/h1-9H,11H2,(H,19,22). The Balaban J connectivity index is 1.82. The van der Waals surface area contributed by atoms with E-state index in [1.54, 1.807) is 24.3 Å². The van der Waals surface area contributed by atoms with E-state index in [0.29, 0.717) is 21.9 Å². The average molecular weight is 308 g/mol. The summed E-state index contributed by atoms with van der Waals surface area (Å²) in [6.45, 7) is 0.272. The van der Waals surface area contributed by atoms with Gasteiger partial charge >= 0.3 is 0 Å². The fourth-order valence-electron chi connectivity index (χ4n) is 2.04. The number of nitrogens with zero attached hydrogens (tertiary/aromatic N) is 3. The lowest BCUT2D eigenvalue weighted by Gasteiger charge is -2.08. The number of benzene rings is 2. The maximum absolute atomic E-state index is 8.78. The molecule has 2 aromatic carbocycles. The van der Waals surface area contributed by atoms with Crippen LogP contribution in [0.4, 0.5) is 0 Å². The molecule has 5 nitrogen and oxygen atoms in total. The van der Waals surface area contributed by atoms with Crippen LogP contribution in [0.5, 0.6) is 5.75 Å². The molecule has 3 rings (SSSR count). The molecule has 0 atom stereocenters. The second-order valence-corrected chi connectivity index (χ2v) is 4.93. The Morgan fingerprint density at radius 2 is 1.86 bits per heavy atom. The highest BCUT2D eigenvalue weighted by molar-refractivity contribution is 7.71. The number of H-pyrrole nitrogens is 1. The Morgan fingerprint density at radius 3 is 2.55 bits per heavy atom. The quantitative estimate of drug-likeness (QED) is 0.750. The molecular weight excluding hydrogens is 296 g/mol. The van der Waals surface area contributed by atoms with Crippen LogP contribution in [-0.2, 0) is 6.61 Å². The highest BCUT2D eigenvalue weighted by atomic mass is 32.1. The predicted molar refractivity (Wildman–Crippen MR) is 84.2 cm³/mol. The number of nitriles is 1. The fraction of sp³-hybridized carbons (Fsp3) is 0.0625. The van der Waals surface area contributed by atoms with Gasteiger partial charge in [-0.15, -0.1) is 0 Å². The third-order valence-corrected chi connectivity index (χ3v) is 3.38. The van der Waals surface area contributed by atoms with E-state index in [0.717, 1.165) is 5.69 Å². The summed E-state index contributed by atoms with van der Waals surface area (Å²) in [6.07, 6.45) is 0. The zero-order valence-corrected chi connectivity index (χ0v) is 12.4. The van der Waals surface area contributed by atoms with Gasteiger partial charge in [0.05, 0.1) is 11.6 Å². The van der Waals surface area contributed by atoms with Gasteiger partial charge in [-0.1, -0.05) is 18.2 Å². The van der Waals surface area contributed by atoms with Crippen LogP contribution in [-0.4, -0.2) is 14.8 Å². The van der Waals surface area contributed by atoms with Crippen molar-refractivity contribution in [3.63, 3.8) is 0 Å². The van der Waals surface area contributed by atoms with E-state index >= 15 is 0 Å². The van der Waals surface area contributed by atoms with Gasteiger partial charge in [0.2, 0.25) is 0 Å².